The van der Waals surface area contributed by atoms with Gasteiger partial charge in [0.05, 0.1) is 41.7 Å². The lowest BCUT2D eigenvalue weighted by Gasteiger charge is -2.36. The number of amides is 2. The molecule has 0 unspecified atom stereocenters. The second kappa shape index (κ2) is 16.5. The van der Waals surface area contributed by atoms with Crippen LogP contribution in [0.3, 0.4) is 0 Å². The van der Waals surface area contributed by atoms with Gasteiger partial charge in [0, 0.05) is 44.8 Å². The van der Waals surface area contributed by atoms with Gasteiger partial charge in [-0.05, 0) is 63.4 Å². The van der Waals surface area contributed by atoms with E-state index in [0.717, 1.165) is 0 Å². The average molecular weight is 672 g/mol. The normalized spacial score (nSPS) is 21.0. The molecule has 0 saturated carbocycles. The molecule has 2 N–H and O–H groups in total. The fourth-order valence-electron chi connectivity index (χ4n) is 5.07. The van der Waals surface area contributed by atoms with Gasteiger partial charge >= 0.3 is 6.18 Å². The van der Waals surface area contributed by atoms with Crippen molar-refractivity contribution < 1.29 is 45.8 Å². The van der Waals surface area contributed by atoms with Crippen molar-refractivity contribution in [3.63, 3.8) is 0 Å². The number of benzene rings is 2. The second-order valence-corrected chi connectivity index (χ2v) is 13.5. The molecule has 0 bridgehead atoms. The van der Waals surface area contributed by atoms with E-state index in [1.54, 1.807) is 32.0 Å². The molecule has 0 saturated heterocycles. The van der Waals surface area contributed by atoms with Crippen LogP contribution < -0.4 is 9.46 Å². The van der Waals surface area contributed by atoms with Gasteiger partial charge in [0.25, 0.3) is 15.9 Å². The first-order valence-electron chi connectivity index (χ1n) is 15.3. The van der Waals surface area contributed by atoms with Gasteiger partial charge in [-0.3, -0.25) is 14.3 Å². The highest BCUT2D eigenvalue weighted by atomic mass is 32.2. The summed E-state index contributed by atoms with van der Waals surface area (Å²) in [5, 5.41) is 10.1. The van der Waals surface area contributed by atoms with Crippen LogP contribution in [0.15, 0.2) is 53.4 Å². The maximum absolute atomic E-state index is 14.2. The van der Waals surface area contributed by atoms with Gasteiger partial charge in [0.2, 0.25) is 5.91 Å². The van der Waals surface area contributed by atoms with E-state index in [1.165, 1.54) is 47.2 Å². The van der Waals surface area contributed by atoms with E-state index in [-0.39, 0.29) is 47.7 Å². The lowest BCUT2D eigenvalue weighted by Crippen LogP contribution is -2.48. The number of carbonyl (C=O) groups excluding carboxylic acids is 2. The predicted molar refractivity (Wildman–Crippen MR) is 167 cm³/mol. The first kappa shape index (κ1) is 37.1. The molecule has 3 rings (SSSR count). The molecule has 46 heavy (non-hydrogen) atoms. The predicted octanol–water partition coefficient (Wildman–Crippen LogP) is 5.08. The minimum Gasteiger partial charge on any atom is -0.490 e. The summed E-state index contributed by atoms with van der Waals surface area (Å²) in [6, 6.07) is 11.6. The topological polar surface area (TPSA) is 125 Å². The fraction of sp³-hybridized carbons (Fsp3) is 0.562. The number of nitrogens with zero attached hydrogens (tertiary/aromatic N) is 2. The van der Waals surface area contributed by atoms with Crippen LogP contribution in [0.25, 0.3) is 0 Å². The highest BCUT2D eigenvalue weighted by molar-refractivity contribution is 7.92. The van der Waals surface area contributed by atoms with E-state index in [9.17, 15) is 36.3 Å². The number of aliphatic hydroxyl groups is 1. The van der Waals surface area contributed by atoms with E-state index in [0.29, 0.717) is 25.9 Å². The molecule has 0 radical (unpaired) electrons. The summed E-state index contributed by atoms with van der Waals surface area (Å²) >= 11 is 0. The molecule has 2 amide bonds. The summed E-state index contributed by atoms with van der Waals surface area (Å²) in [5.74, 6) is -1.36. The molecule has 0 fully saturated rings. The van der Waals surface area contributed by atoms with Gasteiger partial charge in [0.1, 0.15) is 5.75 Å². The van der Waals surface area contributed by atoms with Crippen LogP contribution in [-0.2, 0) is 19.6 Å². The third kappa shape index (κ3) is 10.9. The minimum atomic E-state index is -4.45. The van der Waals surface area contributed by atoms with Crippen LogP contribution in [0.2, 0.25) is 0 Å². The SMILES string of the molecule is C[C@@H]1CCCCO[C@H](CN(C)C(=O)CCC(F)(F)F)[C@H](C)CN([C@H](C)CO)C(=O)c2cc(NS(=O)(=O)c3ccccc3)ccc2O1. The van der Waals surface area contributed by atoms with E-state index < -0.39 is 58.9 Å². The van der Waals surface area contributed by atoms with Crippen molar-refractivity contribution in [3.8, 4) is 5.75 Å². The molecular weight excluding hydrogens is 627 g/mol. The number of ether oxygens (including phenoxy) is 2. The molecule has 4 atom stereocenters. The van der Waals surface area contributed by atoms with Crippen LogP contribution in [0.5, 0.6) is 5.75 Å². The Hall–Kier alpha value is -3.36. The van der Waals surface area contributed by atoms with Crippen LogP contribution in [0.1, 0.15) is 63.2 Å². The van der Waals surface area contributed by atoms with Crippen molar-refractivity contribution >= 4 is 27.5 Å². The van der Waals surface area contributed by atoms with E-state index >= 15 is 0 Å². The number of nitrogens with one attached hydrogen (secondary N) is 1. The van der Waals surface area contributed by atoms with Crippen LogP contribution >= 0.6 is 0 Å². The molecule has 2 aromatic carbocycles. The number of likely N-dealkylation sites (N-methyl/N-ethyl adjacent to an activating group) is 1. The highest BCUT2D eigenvalue weighted by Gasteiger charge is 2.32. The van der Waals surface area contributed by atoms with Crippen molar-refractivity contribution in [1.82, 2.24) is 9.80 Å². The Morgan fingerprint density at radius 3 is 2.50 bits per heavy atom. The summed E-state index contributed by atoms with van der Waals surface area (Å²) in [5.41, 5.74) is 0.222. The van der Waals surface area contributed by atoms with Crippen molar-refractivity contribution in [2.24, 2.45) is 5.92 Å². The third-order valence-corrected chi connectivity index (χ3v) is 9.26. The molecule has 0 spiro atoms. The quantitative estimate of drug-likeness (QED) is 0.381. The number of carbonyl (C=O) groups is 2. The standard InChI is InChI=1S/C32H44F3N3O7S/c1-22-19-38(23(2)21-39)31(41)27-18-25(36-46(42,43)26-11-6-5-7-12-26)13-14-28(27)45-24(3)10-8-9-17-44-29(22)20-37(4)30(40)15-16-32(33,34)35/h5-7,11-14,18,22-24,29,36,39H,8-10,15-17,19-21H2,1-4H3/t22-,23-,24-,29-/m1/s1. The maximum atomic E-state index is 14.2. The number of hydrogen-bond donors (Lipinski definition) is 2. The molecule has 1 aliphatic rings. The summed E-state index contributed by atoms with van der Waals surface area (Å²) in [6.45, 7) is 5.33. The summed E-state index contributed by atoms with van der Waals surface area (Å²) in [4.78, 5) is 29.4. The fourth-order valence-corrected chi connectivity index (χ4v) is 6.14. The summed E-state index contributed by atoms with van der Waals surface area (Å²) in [7, 11) is -2.54. The molecule has 10 nitrogen and oxygen atoms in total. The number of sulfonamides is 1. The zero-order valence-electron chi connectivity index (χ0n) is 26.6. The Morgan fingerprint density at radius 2 is 1.85 bits per heavy atom. The number of hydrogen-bond acceptors (Lipinski definition) is 7. The smallest absolute Gasteiger partial charge is 0.389 e. The number of rotatable bonds is 9. The Balaban J connectivity index is 1.95. The number of halogens is 3. The average Bonchev–Trinajstić information content (AvgIpc) is 3.01. The van der Waals surface area contributed by atoms with Crippen LogP contribution in [-0.4, -0.2) is 92.9 Å². The lowest BCUT2D eigenvalue weighted by molar-refractivity contribution is -0.149. The molecule has 1 heterocycles. The van der Waals surface area contributed by atoms with Crippen LogP contribution in [0.4, 0.5) is 18.9 Å². The molecular formula is C32H44F3N3O7S. The number of anilines is 1. The molecule has 2 aromatic rings. The van der Waals surface area contributed by atoms with Crippen LogP contribution in [0, 0.1) is 5.92 Å². The molecule has 1 aliphatic heterocycles. The number of alkyl halides is 3. The number of aliphatic hydroxyl groups excluding tert-OH is 1. The Morgan fingerprint density at radius 1 is 1.15 bits per heavy atom. The summed E-state index contributed by atoms with van der Waals surface area (Å²) < 4.78 is 79.1. The van der Waals surface area contributed by atoms with E-state index in [2.05, 4.69) is 4.72 Å². The van der Waals surface area contributed by atoms with Gasteiger partial charge in [-0.2, -0.15) is 13.2 Å². The molecule has 14 heteroatoms. The second-order valence-electron chi connectivity index (χ2n) is 11.8. The molecule has 0 aromatic heterocycles. The third-order valence-electron chi connectivity index (χ3n) is 7.86. The zero-order valence-corrected chi connectivity index (χ0v) is 27.4. The monoisotopic (exact) mass is 671 g/mol. The summed E-state index contributed by atoms with van der Waals surface area (Å²) in [6.07, 6.45) is -5.30. The van der Waals surface area contributed by atoms with E-state index in [4.69, 9.17) is 9.47 Å². The van der Waals surface area contributed by atoms with Crippen molar-refractivity contribution in [3.05, 3.63) is 54.1 Å². The van der Waals surface area contributed by atoms with Crippen molar-refractivity contribution in [2.45, 2.75) is 82.2 Å². The van der Waals surface area contributed by atoms with Gasteiger partial charge in [0.15, 0.2) is 0 Å². The Kier molecular flexibility index (Phi) is 13.3. The Labute approximate surface area is 268 Å². The van der Waals surface area contributed by atoms with Gasteiger partial charge in [-0.15, -0.1) is 0 Å². The molecule has 0 aliphatic carbocycles. The first-order valence-corrected chi connectivity index (χ1v) is 16.8. The maximum Gasteiger partial charge on any atom is 0.389 e. The largest absolute Gasteiger partial charge is 0.490 e. The number of fused-ring (bicyclic) bond motifs is 1. The Bertz CT molecular complexity index is 1410. The molecule has 256 valence electrons. The van der Waals surface area contributed by atoms with E-state index in [1.807, 2.05) is 6.92 Å². The highest BCUT2D eigenvalue weighted by Crippen LogP contribution is 2.30. The zero-order chi connectivity index (χ0) is 34.1. The van der Waals surface area contributed by atoms with Gasteiger partial charge < -0.3 is 24.4 Å². The van der Waals surface area contributed by atoms with Crippen molar-refractivity contribution in [2.75, 3.05) is 38.1 Å². The lowest BCUT2D eigenvalue weighted by atomic mass is 10.0. The first-order chi connectivity index (χ1) is 21.6. The minimum absolute atomic E-state index is 0.00884. The van der Waals surface area contributed by atoms with Gasteiger partial charge in [-0.1, -0.05) is 25.1 Å². The van der Waals surface area contributed by atoms with Gasteiger partial charge in [-0.25, -0.2) is 8.42 Å². The van der Waals surface area contributed by atoms with Crippen molar-refractivity contribution in [1.29, 1.82) is 0 Å².